The fourth-order valence-electron chi connectivity index (χ4n) is 11.5. The van der Waals surface area contributed by atoms with E-state index in [9.17, 15) is 43.2 Å². The van der Waals surface area contributed by atoms with Crippen molar-refractivity contribution in [3.8, 4) is 0 Å². The molecule has 0 amide bonds. The number of unbranched alkanes of at least 4 members (excludes halogenated alkanes) is 40. The van der Waals surface area contributed by atoms with Crippen molar-refractivity contribution in [2.24, 2.45) is 17.8 Å². The molecule has 0 spiro atoms. The van der Waals surface area contributed by atoms with Crippen LogP contribution < -0.4 is 0 Å². The quantitative estimate of drug-likeness (QED) is 0.0222. The minimum Gasteiger partial charge on any atom is -0.462 e. The molecule has 0 aliphatic rings. The molecule has 0 aromatic rings. The molecular formula is C76H148O17P2. The highest BCUT2D eigenvalue weighted by Gasteiger charge is 2.30. The smallest absolute Gasteiger partial charge is 0.462 e. The lowest BCUT2D eigenvalue weighted by Gasteiger charge is -2.21. The van der Waals surface area contributed by atoms with Crippen LogP contribution in [0.2, 0.25) is 0 Å². The second-order valence-electron chi connectivity index (χ2n) is 28.4. The molecule has 3 N–H and O–H groups in total. The number of carbonyl (C=O) groups is 4. The fraction of sp³-hybridized carbons (Fsp3) is 0.947. The Morgan fingerprint density at radius 1 is 0.305 bits per heavy atom. The Labute approximate surface area is 581 Å². The van der Waals surface area contributed by atoms with Gasteiger partial charge in [-0.25, -0.2) is 9.13 Å². The van der Waals surface area contributed by atoms with Crippen molar-refractivity contribution in [1.82, 2.24) is 0 Å². The van der Waals surface area contributed by atoms with Crippen LogP contribution in [0.5, 0.6) is 0 Å². The van der Waals surface area contributed by atoms with Gasteiger partial charge in [-0.05, 0) is 43.4 Å². The molecule has 19 heteroatoms. The zero-order chi connectivity index (χ0) is 70.1. The molecule has 0 rings (SSSR count). The maximum atomic E-state index is 13.1. The van der Waals surface area contributed by atoms with Gasteiger partial charge in [0.05, 0.1) is 26.4 Å². The number of phosphoric acid groups is 2. The Kier molecular flexibility index (Phi) is 65.2. The first-order chi connectivity index (χ1) is 45.8. The first kappa shape index (κ1) is 93.1. The molecule has 0 aliphatic heterocycles. The fourth-order valence-corrected chi connectivity index (χ4v) is 13.1. The molecule has 0 heterocycles. The number of carbonyl (C=O) groups excluding carboxylic acids is 4. The van der Waals surface area contributed by atoms with Crippen LogP contribution in [0, 0.1) is 17.8 Å². The summed E-state index contributed by atoms with van der Waals surface area (Å²) in [7, 11) is -9.91. The highest BCUT2D eigenvalue weighted by atomic mass is 31.2. The summed E-state index contributed by atoms with van der Waals surface area (Å²) in [6.45, 7) is 11.8. The van der Waals surface area contributed by atoms with E-state index in [1.807, 2.05) is 0 Å². The van der Waals surface area contributed by atoms with E-state index in [1.54, 1.807) is 0 Å². The Morgan fingerprint density at radius 2 is 0.537 bits per heavy atom. The van der Waals surface area contributed by atoms with Gasteiger partial charge in [-0.3, -0.25) is 37.3 Å². The maximum absolute atomic E-state index is 13.1. The molecule has 0 aliphatic carbocycles. The van der Waals surface area contributed by atoms with Gasteiger partial charge in [-0.1, -0.05) is 337 Å². The monoisotopic (exact) mass is 1400 g/mol. The summed E-state index contributed by atoms with van der Waals surface area (Å²) in [6, 6.07) is 0. The Morgan fingerprint density at radius 3 is 0.800 bits per heavy atom. The molecule has 0 saturated heterocycles. The summed E-state index contributed by atoms with van der Waals surface area (Å²) >= 11 is 0. The summed E-state index contributed by atoms with van der Waals surface area (Å²) in [6.07, 6.45) is 52.8. The van der Waals surface area contributed by atoms with Gasteiger partial charge in [0.2, 0.25) is 0 Å². The minimum atomic E-state index is -4.96. The lowest BCUT2D eigenvalue weighted by molar-refractivity contribution is -0.161. The van der Waals surface area contributed by atoms with E-state index in [4.69, 9.17) is 37.0 Å². The van der Waals surface area contributed by atoms with Crippen molar-refractivity contribution in [3.63, 3.8) is 0 Å². The predicted octanol–water partition coefficient (Wildman–Crippen LogP) is 22.2. The van der Waals surface area contributed by atoms with Gasteiger partial charge in [0.15, 0.2) is 12.2 Å². The van der Waals surface area contributed by atoms with Crippen LogP contribution in [0.25, 0.3) is 0 Å². The zero-order valence-corrected chi connectivity index (χ0v) is 63.9. The number of aliphatic hydroxyl groups is 1. The Bertz CT molecular complexity index is 1860. The minimum absolute atomic E-state index is 0.104. The van der Waals surface area contributed by atoms with Gasteiger partial charge in [-0.2, -0.15) is 0 Å². The van der Waals surface area contributed by atoms with Crippen molar-refractivity contribution in [2.75, 3.05) is 39.6 Å². The van der Waals surface area contributed by atoms with E-state index < -0.39 is 97.5 Å². The standard InChI is InChI=1S/C76H148O17P2/c1-8-11-12-13-14-15-16-17-18-19-20-21-22-23-24-25-30-36-45-52-59-75(80)92-71(63-86-73(78)57-50-43-35-29-27-26-28-33-40-47-54-67(4)5)65-90-94(82,83)88-61-70(77)62-89-95(84,85)91-66-72(64-87-74(79)58-51-44-39-38-42-49-56-69(7)10-3)93-76(81)60-53-46-37-32-31-34-41-48-55-68(6)9-2/h67-72,77H,8-66H2,1-7H3,(H,82,83)(H,84,85)/t68?,69?,70-,71-,72-/m1/s1. The van der Waals surface area contributed by atoms with Crippen molar-refractivity contribution < 1.29 is 80.2 Å². The van der Waals surface area contributed by atoms with Crippen LogP contribution in [-0.4, -0.2) is 96.7 Å². The van der Waals surface area contributed by atoms with E-state index in [0.717, 1.165) is 114 Å². The van der Waals surface area contributed by atoms with E-state index in [1.165, 1.54) is 193 Å². The van der Waals surface area contributed by atoms with Gasteiger partial charge in [0, 0.05) is 25.7 Å². The third-order valence-electron chi connectivity index (χ3n) is 18.4. The first-order valence-corrected chi connectivity index (χ1v) is 42.4. The number of rotatable bonds is 74. The average Bonchev–Trinajstić information content (AvgIpc) is 1.57. The van der Waals surface area contributed by atoms with E-state index in [0.29, 0.717) is 25.7 Å². The summed E-state index contributed by atoms with van der Waals surface area (Å²) in [5.41, 5.74) is 0. The Balaban J connectivity index is 5.23. The summed E-state index contributed by atoms with van der Waals surface area (Å²) in [5.74, 6) is 0.137. The lowest BCUT2D eigenvalue weighted by Crippen LogP contribution is -2.30. The highest BCUT2D eigenvalue weighted by molar-refractivity contribution is 7.47. The third kappa shape index (κ3) is 67.6. The van der Waals surface area contributed by atoms with Crippen LogP contribution in [0.4, 0.5) is 0 Å². The molecule has 17 nitrogen and oxygen atoms in total. The van der Waals surface area contributed by atoms with Crippen molar-refractivity contribution in [2.45, 2.75) is 407 Å². The van der Waals surface area contributed by atoms with E-state index in [2.05, 4.69) is 48.5 Å². The molecule has 4 unspecified atom stereocenters. The van der Waals surface area contributed by atoms with Gasteiger partial charge in [0.25, 0.3) is 0 Å². The number of aliphatic hydroxyl groups excluding tert-OH is 1. The third-order valence-corrected chi connectivity index (χ3v) is 20.3. The van der Waals surface area contributed by atoms with Crippen molar-refractivity contribution in [3.05, 3.63) is 0 Å². The second-order valence-corrected chi connectivity index (χ2v) is 31.3. The van der Waals surface area contributed by atoms with Gasteiger partial charge in [-0.15, -0.1) is 0 Å². The van der Waals surface area contributed by atoms with Crippen molar-refractivity contribution >= 4 is 39.5 Å². The summed E-state index contributed by atoms with van der Waals surface area (Å²) < 4.78 is 68.5. The molecular weight excluding hydrogens is 1250 g/mol. The molecule has 564 valence electrons. The molecule has 0 saturated carbocycles. The van der Waals surface area contributed by atoms with Gasteiger partial charge in [0.1, 0.15) is 19.3 Å². The lowest BCUT2D eigenvalue weighted by atomic mass is 9.99. The average molecular weight is 1400 g/mol. The SMILES string of the molecule is CCCCCCCCCCCCCCCCCCCCCCC(=O)O[C@H](COC(=O)CCCCCCCCCCCCC(C)C)COP(=O)(O)OC[C@@H](O)COP(=O)(O)OC[C@@H](COC(=O)CCCCCCCCC(C)CC)OC(=O)CCCCCCCCCCC(C)CC. The molecule has 0 aromatic carbocycles. The number of phosphoric ester groups is 2. The molecule has 0 fully saturated rings. The largest absolute Gasteiger partial charge is 0.472 e. The molecule has 95 heavy (non-hydrogen) atoms. The number of hydrogen-bond acceptors (Lipinski definition) is 15. The predicted molar refractivity (Wildman–Crippen MR) is 386 cm³/mol. The number of esters is 4. The topological polar surface area (TPSA) is 237 Å². The van der Waals surface area contributed by atoms with Crippen molar-refractivity contribution in [1.29, 1.82) is 0 Å². The van der Waals surface area contributed by atoms with Crippen LogP contribution in [-0.2, 0) is 65.4 Å². The number of ether oxygens (including phenoxy) is 4. The maximum Gasteiger partial charge on any atom is 0.472 e. The Hall–Kier alpha value is -1.94. The van der Waals surface area contributed by atoms with Crippen LogP contribution in [0.1, 0.15) is 389 Å². The normalized spacial score (nSPS) is 14.6. The molecule has 0 bridgehead atoms. The highest BCUT2D eigenvalue weighted by Crippen LogP contribution is 2.45. The van der Waals surface area contributed by atoms with E-state index >= 15 is 0 Å². The molecule has 7 atom stereocenters. The summed E-state index contributed by atoms with van der Waals surface area (Å²) in [4.78, 5) is 72.8. The molecule has 0 aromatic heterocycles. The van der Waals surface area contributed by atoms with Crippen LogP contribution >= 0.6 is 15.6 Å². The van der Waals surface area contributed by atoms with Gasteiger partial charge < -0.3 is 33.8 Å². The van der Waals surface area contributed by atoms with Crippen LogP contribution in [0.15, 0.2) is 0 Å². The zero-order valence-electron chi connectivity index (χ0n) is 62.1. The second kappa shape index (κ2) is 66.6. The van der Waals surface area contributed by atoms with E-state index in [-0.39, 0.29) is 25.7 Å². The molecule has 0 radical (unpaired) electrons. The first-order valence-electron chi connectivity index (χ1n) is 39.4. The summed E-state index contributed by atoms with van der Waals surface area (Å²) in [5, 5.41) is 10.6. The van der Waals surface area contributed by atoms with Crippen LogP contribution in [0.3, 0.4) is 0 Å². The number of hydrogen-bond donors (Lipinski definition) is 3. The van der Waals surface area contributed by atoms with Gasteiger partial charge >= 0.3 is 39.5 Å².